The fourth-order valence-corrected chi connectivity index (χ4v) is 1.91. The van der Waals surface area contributed by atoms with Gasteiger partial charge in [-0.3, -0.25) is 4.79 Å². The molecule has 86 valence electrons. The highest BCUT2D eigenvalue weighted by Gasteiger charge is 2.13. The molecule has 2 aromatic rings. The fraction of sp³-hybridized carbons (Fsp3) is 0.0714. The van der Waals surface area contributed by atoms with Crippen LogP contribution in [-0.2, 0) is 0 Å². The van der Waals surface area contributed by atoms with Gasteiger partial charge in [0.05, 0.1) is 5.56 Å². The first-order valence-corrected chi connectivity index (χ1v) is 5.97. The van der Waals surface area contributed by atoms with Crippen molar-refractivity contribution in [2.45, 2.75) is 6.92 Å². The van der Waals surface area contributed by atoms with Gasteiger partial charge in [0, 0.05) is 10.0 Å². The first-order valence-electron chi connectivity index (χ1n) is 5.18. The van der Waals surface area contributed by atoms with Crippen LogP contribution in [0.25, 0.3) is 0 Å². The summed E-state index contributed by atoms with van der Waals surface area (Å²) in [6.45, 7) is 1.96. The van der Waals surface area contributed by atoms with Gasteiger partial charge in [-0.2, -0.15) is 0 Å². The van der Waals surface area contributed by atoms with Crippen LogP contribution in [0.2, 0.25) is 0 Å². The number of phenolic OH excluding ortho intramolecular Hbond substituents is 1. The minimum atomic E-state index is -0.171. The molecule has 0 spiro atoms. The molecule has 2 rings (SSSR count). The number of aromatic hydroxyl groups is 1. The summed E-state index contributed by atoms with van der Waals surface area (Å²) >= 11 is 3.24. The normalized spacial score (nSPS) is 10.2. The third kappa shape index (κ3) is 2.56. The number of ketones is 1. The average molecular weight is 291 g/mol. The zero-order valence-electron chi connectivity index (χ0n) is 9.27. The number of hydrogen-bond donors (Lipinski definition) is 1. The molecule has 0 bridgehead atoms. The Morgan fingerprint density at radius 3 is 2.35 bits per heavy atom. The largest absolute Gasteiger partial charge is 0.507 e. The zero-order chi connectivity index (χ0) is 12.4. The van der Waals surface area contributed by atoms with E-state index in [-0.39, 0.29) is 11.5 Å². The smallest absolute Gasteiger partial charge is 0.196 e. The molecule has 0 unspecified atom stereocenters. The van der Waals surface area contributed by atoms with Gasteiger partial charge in [0.2, 0.25) is 0 Å². The summed E-state index contributed by atoms with van der Waals surface area (Å²) < 4.78 is 0.746. The molecule has 0 heterocycles. The van der Waals surface area contributed by atoms with E-state index in [0.717, 1.165) is 10.0 Å². The predicted octanol–water partition coefficient (Wildman–Crippen LogP) is 3.69. The Hall–Kier alpha value is -1.61. The van der Waals surface area contributed by atoms with Crippen molar-refractivity contribution in [2.24, 2.45) is 0 Å². The van der Waals surface area contributed by atoms with Crippen LogP contribution in [0.3, 0.4) is 0 Å². The van der Waals surface area contributed by atoms with Crippen LogP contribution in [-0.4, -0.2) is 10.9 Å². The third-order valence-electron chi connectivity index (χ3n) is 2.52. The Labute approximate surface area is 108 Å². The molecule has 0 atom stereocenters. The van der Waals surface area contributed by atoms with Crippen molar-refractivity contribution in [3.8, 4) is 5.75 Å². The summed E-state index contributed by atoms with van der Waals surface area (Å²) in [4.78, 5) is 12.1. The van der Waals surface area contributed by atoms with Crippen molar-refractivity contribution < 1.29 is 9.90 Å². The molecule has 0 amide bonds. The number of halogens is 1. The van der Waals surface area contributed by atoms with E-state index in [9.17, 15) is 9.90 Å². The summed E-state index contributed by atoms with van der Waals surface area (Å²) in [7, 11) is 0. The Balaban J connectivity index is 2.40. The summed E-state index contributed by atoms with van der Waals surface area (Å²) in [5.74, 6) is -0.181. The van der Waals surface area contributed by atoms with Crippen LogP contribution >= 0.6 is 15.9 Å². The Bertz CT molecular complexity index is 559. The third-order valence-corrected chi connectivity index (χ3v) is 3.01. The first-order chi connectivity index (χ1) is 8.08. The van der Waals surface area contributed by atoms with Crippen molar-refractivity contribution in [1.82, 2.24) is 0 Å². The number of aryl methyl sites for hydroxylation is 1. The monoisotopic (exact) mass is 290 g/mol. The van der Waals surface area contributed by atoms with Crippen LogP contribution in [0.1, 0.15) is 21.5 Å². The second-order valence-corrected chi connectivity index (χ2v) is 4.77. The lowest BCUT2D eigenvalue weighted by molar-refractivity contribution is 0.103. The minimum Gasteiger partial charge on any atom is -0.507 e. The van der Waals surface area contributed by atoms with Gasteiger partial charge in [0.1, 0.15) is 5.75 Å². The van der Waals surface area contributed by atoms with Crippen LogP contribution < -0.4 is 0 Å². The van der Waals surface area contributed by atoms with Gasteiger partial charge >= 0.3 is 0 Å². The van der Waals surface area contributed by atoms with E-state index in [1.54, 1.807) is 24.3 Å². The van der Waals surface area contributed by atoms with Crippen LogP contribution in [0.4, 0.5) is 0 Å². The van der Waals surface area contributed by atoms with E-state index >= 15 is 0 Å². The highest BCUT2D eigenvalue weighted by Crippen LogP contribution is 2.24. The number of rotatable bonds is 2. The topological polar surface area (TPSA) is 37.3 Å². The van der Waals surface area contributed by atoms with Crippen molar-refractivity contribution in [2.75, 3.05) is 0 Å². The average Bonchev–Trinajstić information content (AvgIpc) is 2.29. The number of carbonyl (C=O) groups excluding carboxylic acids is 1. The van der Waals surface area contributed by atoms with Gasteiger partial charge in [-0.15, -0.1) is 0 Å². The van der Waals surface area contributed by atoms with Gasteiger partial charge in [0.25, 0.3) is 0 Å². The molecule has 0 aromatic heterocycles. The quantitative estimate of drug-likeness (QED) is 0.857. The van der Waals surface area contributed by atoms with Gasteiger partial charge in [0.15, 0.2) is 5.78 Å². The van der Waals surface area contributed by atoms with Gasteiger partial charge in [-0.25, -0.2) is 0 Å². The summed E-state index contributed by atoms with van der Waals surface area (Å²) in [5, 5.41) is 9.73. The molecule has 1 N–H and O–H groups in total. The lowest BCUT2D eigenvalue weighted by Crippen LogP contribution is -2.01. The molecule has 0 saturated carbocycles. The Morgan fingerprint density at radius 2 is 1.76 bits per heavy atom. The van der Waals surface area contributed by atoms with Crippen LogP contribution in [0.15, 0.2) is 46.9 Å². The van der Waals surface area contributed by atoms with E-state index in [0.29, 0.717) is 11.1 Å². The standard InChI is InChI=1S/C14H11BrO2/c1-9-2-4-10(5-3-9)14(17)12-7-6-11(15)8-13(12)16/h2-8,16H,1H3. The number of benzene rings is 2. The maximum Gasteiger partial charge on any atom is 0.196 e. The number of hydrogen-bond acceptors (Lipinski definition) is 2. The van der Waals surface area contributed by atoms with E-state index < -0.39 is 0 Å². The lowest BCUT2D eigenvalue weighted by atomic mass is 10.0. The summed E-state index contributed by atoms with van der Waals surface area (Å²) in [5.41, 5.74) is 1.99. The van der Waals surface area contributed by atoms with Crippen LogP contribution in [0, 0.1) is 6.92 Å². The van der Waals surface area contributed by atoms with Crippen molar-refractivity contribution in [1.29, 1.82) is 0 Å². The Morgan fingerprint density at radius 1 is 1.12 bits per heavy atom. The van der Waals surface area contributed by atoms with Crippen LogP contribution in [0.5, 0.6) is 5.75 Å². The molecule has 2 nitrogen and oxygen atoms in total. The Kier molecular flexibility index (Phi) is 3.29. The lowest BCUT2D eigenvalue weighted by Gasteiger charge is -2.04. The fourth-order valence-electron chi connectivity index (χ4n) is 1.56. The molecule has 2 aromatic carbocycles. The van der Waals surface area contributed by atoms with Crippen molar-refractivity contribution >= 4 is 21.7 Å². The zero-order valence-corrected chi connectivity index (χ0v) is 10.9. The molecule has 0 aliphatic rings. The van der Waals surface area contributed by atoms with E-state index in [1.807, 2.05) is 19.1 Å². The minimum absolute atomic E-state index is 0.00931. The molecule has 17 heavy (non-hydrogen) atoms. The molecule has 0 saturated heterocycles. The maximum absolute atomic E-state index is 12.1. The highest BCUT2D eigenvalue weighted by atomic mass is 79.9. The second kappa shape index (κ2) is 4.72. The number of carbonyl (C=O) groups is 1. The maximum atomic E-state index is 12.1. The van der Waals surface area contributed by atoms with E-state index in [4.69, 9.17) is 0 Å². The van der Waals surface area contributed by atoms with Crippen molar-refractivity contribution in [3.63, 3.8) is 0 Å². The molecular formula is C14H11BrO2. The van der Waals surface area contributed by atoms with Gasteiger partial charge in [-0.1, -0.05) is 45.8 Å². The second-order valence-electron chi connectivity index (χ2n) is 3.86. The predicted molar refractivity (Wildman–Crippen MR) is 70.4 cm³/mol. The summed E-state index contributed by atoms with van der Waals surface area (Å²) in [6, 6.07) is 12.1. The molecule has 3 heteroatoms. The number of phenols is 1. The molecule has 0 fully saturated rings. The highest BCUT2D eigenvalue weighted by molar-refractivity contribution is 9.10. The van der Waals surface area contributed by atoms with Crippen molar-refractivity contribution in [3.05, 3.63) is 63.6 Å². The molecular weight excluding hydrogens is 280 g/mol. The van der Waals surface area contributed by atoms with Gasteiger partial charge < -0.3 is 5.11 Å². The molecule has 0 radical (unpaired) electrons. The van der Waals surface area contributed by atoms with E-state index in [1.165, 1.54) is 6.07 Å². The first kappa shape index (κ1) is 11.9. The van der Waals surface area contributed by atoms with E-state index in [2.05, 4.69) is 15.9 Å². The SMILES string of the molecule is Cc1ccc(C(=O)c2ccc(Br)cc2O)cc1. The molecule has 0 aliphatic carbocycles. The summed E-state index contributed by atoms with van der Waals surface area (Å²) in [6.07, 6.45) is 0. The van der Waals surface area contributed by atoms with Gasteiger partial charge in [-0.05, 0) is 25.1 Å². The molecule has 0 aliphatic heterocycles.